The van der Waals surface area contributed by atoms with Crippen LogP contribution < -0.4 is 14.8 Å². The first-order valence-electron chi connectivity index (χ1n) is 10.5. The molecule has 1 aromatic rings. The van der Waals surface area contributed by atoms with Crippen molar-refractivity contribution in [3.05, 3.63) is 23.8 Å². The van der Waals surface area contributed by atoms with Gasteiger partial charge in [-0.25, -0.2) is 4.79 Å². The van der Waals surface area contributed by atoms with Gasteiger partial charge in [-0.2, -0.15) is 0 Å². The highest BCUT2D eigenvalue weighted by molar-refractivity contribution is 6.09. The number of amides is 4. The Labute approximate surface area is 177 Å². The van der Waals surface area contributed by atoms with E-state index >= 15 is 0 Å². The Kier molecular flexibility index (Phi) is 6.24. The van der Waals surface area contributed by atoms with Crippen LogP contribution in [0.15, 0.2) is 18.2 Å². The lowest BCUT2D eigenvalue weighted by Crippen LogP contribution is -2.50. The minimum absolute atomic E-state index is 0.0354. The maximum Gasteiger partial charge on any atom is 0.325 e. The van der Waals surface area contributed by atoms with Gasteiger partial charge in [-0.15, -0.1) is 0 Å². The molecule has 0 saturated carbocycles. The van der Waals surface area contributed by atoms with Crippen molar-refractivity contribution in [3.63, 3.8) is 0 Å². The number of nitrogens with zero attached hydrogens (tertiary/aromatic N) is 2. The summed E-state index contributed by atoms with van der Waals surface area (Å²) in [7, 11) is 0. The summed E-state index contributed by atoms with van der Waals surface area (Å²) < 4.78 is 10.7. The van der Waals surface area contributed by atoms with Crippen LogP contribution in [0.2, 0.25) is 0 Å². The van der Waals surface area contributed by atoms with Crippen molar-refractivity contribution in [1.82, 2.24) is 15.1 Å². The van der Waals surface area contributed by atoms with E-state index in [1.165, 1.54) is 0 Å². The average molecular weight is 418 g/mol. The first-order chi connectivity index (χ1) is 14.2. The van der Waals surface area contributed by atoms with Gasteiger partial charge in [0.1, 0.15) is 12.1 Å². The van der Waals surface area contributed by atoms with E-state index in [4.69, 9.17) is 9.47 Å². The van der Waals surface area contributed by atoms with Gasteiger partial charge in [-0.05, 0) is 51.3 Å². The van der Waals surface area contributed by atoms with Crippen LogP contribution in [-0.2, 0) is 16.0 Å². The van der Waals surface area contributed by atoms with Crippen molar-refractivity contribution < 1.29 is 23.9 Å². The van der Waals surface area contributed by atoms with Crippen molar-refractivity contribution in [3.8, 4) is 11.5 Å². The van der Waals surface area contributed by atoms with E-state index in [1.807, 2.05) is 39.8 Å². The standard InChI is InChI=1S/C22H31N3O5/c1-6-14(3)25(15(4)7-2)19(26)12-24-20(27)22(5,23-21(24)28)11-16-8-9-17-18(10-16)30-13-29-17/h8-10,14-15H,6-7,11-13H2,1-5H3,(H,23,28)/t14-,15-,22+/m0/s1. The maximum atomic E-state index is 13.1. The maximum absolute atomic E-state index is 13.1. The molecule has 0 spiro atoms. The van der Waals surface area contributed by atoms with Crippen LogP contribution in [0, 0.1) is 0 Å². The van der Waals surface area contributed by atoms with Gasteiger partial charge in [0.05, 0.1) is 0 Å². The summed E-state index contributed by atoms with van der Waals surface area (Å²) in [4.78, 5) is 41.6. The first kappa shape index (κ1) is 21.9. The number of fused-ring (bicyclic) bond motifs is 1. The molecule has 0 bridgehead atoms. The molecule has 8 heteroatoms. The second-order valence-electron chi connectivity index (χ2n) is 8.33. The Morgan fingerprint density at radius 3 is 2.43 bits per heavy atom. The van der Waals surface area contributed by atoms with E-state index in [0.717, 1.165) is 23.3 Å². The Bertz CT molecular complexity index is 832. The molecule has 1 N–H and O–H groups in total. The van der Waals surface area contributed by atoms with Gasteiger partial charge in [-0.3, -0.25) is 14.5 Å². The fourth-order valence-corrected chi connectivity index (χ4v) is 4.01. The van der Waals surface area contributed by atoms with Crippen molar-refractivity contribution in [1.29, 1.82) is 0 Å². The Balaban J connectivity index is 1.74. The Morgan fingerprint density at radius 1 is 1.17 bits per heavy atom. The summed E-state index contributed by atoms with van der Waals surface area (Å²) in [5, 5.41) is 2.77. The van der Waals surface area contributed by atoms with E-state index in [-0.39, 0.29) is 31.3 Å². The van der Waals surface area contributed by atoms with E-state index < -0.39 is 17.5 Å². The monoisotopic (exact) mass is 417 g/mol. The number of hydrogen-bond donors (Lipinski definition) is 1. The molecule has 2 aliphatic heterocycles. The molecule has 4 amide bonds. The summed E-state index contributed by atoms with van der Waals surface area (Å²) in [6, 6.07) is 4.99. The lowest BCUT2D eigenvalue weighted by atomic mass is 9.92. The zero-order valence-corrected chi connectivity index (χ0v) is 18.4. The van der Waals surface area contributed by atoms with Crippen molar-refractivity contribution in [2.75, 3.05) is 13.3 Å². The van der Waals surface area contributed by atoms with Crippen LogP contribution >= 0.6 is 0 Å². The van der Waals surface area contributed by atoms with Gasteiger partial charge < -0.3 is 19.7 Å². The van der Waals surface area contributed by atoms with Gasteiger partial charge in [0.25, 0.3) is 5.91 Å². The number of imide groups is 1. The van der Waals surface area contributed by atoms with Crippen LogP contribution in [-0.4, -0.2) is 58.6 Å². The highest BCUT2D eigenvalue weighted by atomic mass is 16.7. The van der Waals surface area contributed by atoms with Gasteiger partial charge in [0, 0.05) is 18.5 Å². The minimum Gasteiger partial charge on any atom is -0.454 e. The average Bonchev–Trinajstić information content (AvgIpc) is 3.25. The first-order valence-corrected chi connectivity index (χ1v) is 10.5. The zero-order valence-electron chi connectivity index (χ0n) is 18.4. The minimum atomic E-state index is -1.12. The number of hydrogen-bond acceptors (Lipinski definition) is 5. The summed E-state index contributed by atoms with van der Waals surface area (Å²) in [5.41, 5.74) is -0.285. The van der Waals surface area contributed by atoms with Gasteiger partial charge >= 0.3 is 6.03 Å². The van der Waals surface area contributed by atoms with E-state index in [1.54, 1.807) is 17.9 Å². The zero-order chi connectivity index (χ0) is 22.1. The molecule has 1 saturated heterocycles. The highest BCUT2D eigenvalue weighted by Crippen LogP contribution is 2.34. The molecule has 1 fully saturated rings. The lowest BCUT2D eigenvalue weighted by Gasteiger charge is -2.35. The smallest absolute Gasteiger partial charge is 0.325 e. The summed E-state index contributed by atoms with van der Waals surface area (Å²) >= 11 is 0. The van der Waals surface area contributed by atoms with Gasteiger partial charge in [0.15, 0.2) is 11.5 Å². The second kappa shape index (κ2) is 8.53. The van der Waals surface area contributed by atoms with Crippen molar-refractivity contribution in [2.45, 2.75) is 71.5 Å². The highest BCUT2D eigenvalue weighted by Gasteiger charge is 2.48. The molecule has 0 aromatic heterocycles. The normalized spacial score (nSPS) is 22.1. The van der Waals surface area contributed by atoms with Crippen molar-refractivity contribution in [2.24, 2.45) is 0 Å². The molecular formula is C22H31N3O5. The molecular weight excluding hydrogens is 386 g/mol. The fourth-order valence-electron chi connectivity index (χ4n) is 4.01. The predicted molar refractivity (Wildman–Crippen MR) is 111 cm³/mol. The number of benzene rings is 1. The van der Waals surface area contributed by atoms with Crippen LogP contribution in [0.1, 0.15) is 53.0 Å². The molecule has 1 aromatic carbocycles. The van der Waals surface area contributed by atoms with Gasteiger partial charge in [0.2, 0.25) is 12.7 Å². The predicted octanol–water partition coefficient (Wildman–Crippen LogP) is 2.69. The van der Waals surface area contributed by atoms with E-state index in [0.29, 0.717) is 17.9 Å². The number of rotatable bonds is 8. The second-order valence-corrected chi connectivity index (χ2v) is 8.33. The molecule has 2 aliphatic rings. The molecule has 8 nitrogen and oxygen atoms in total. The van der Waals surface area contributed by atoms with Crippen LogP contribution in [0.4, 0.5) is 4.79 Å². The number of carbonyl (C=O) groups excluding carboxylic acids is 3. The SMILES string of the molecule is CC[C@H](C)N(C(=O)CN1C(=O)N[C@](C)(Cc2ccc3c(c2)OCO3)C1=O)[C@@H](C)CC. The molecule has 30 heavy (non-hydrogen) atoms. The van der Waals surface area contributed by atoms with E-state index in [9.17, 15) is 14.4 Å². The summed E-state index contributed by atoms with van der Waals surface area (Å²) in [5.74, 6) is 0.673. The number of nitrogens with one attached hydrogen (secondary N) is 1. The third-order valence-electron chi connectivity index (χ3n) is 6.05. The number of urea groups is 1. The third-order valence-corrected chi connectivity index (χ3v) is 6.05. The quantitative estimate of drug-likeness (QED) is 0.657. The molecule has 164 valence electrons. The van der Waals surface area contributed by atoms with Crippen LogP contribution in [0.5, 0.6) is 11.5 Å². The molecule has 2 heterocycles. The molecule has 3 atom stereocenters. The van der Waals surface area contributed by atoms with Crippen LogP contribution in [0.25, 0.3) is 0 Å². The Morgan fingerprint density at radius 2 is 1.80 bits per heavy atom. The number of carbonyl (C=O) groups is 3. The summed E-state index contributed by atoms with van der Waals surface area (Å²) in [6.45, 7) is 9.61. The molecule has 0 unspecified atom stereocenters. The molecule has 0 aliphatic carbocycles. The largest absolute Gasteiger partial charge is 0.454 e. The number of ether oxygens (including phenoxy) is 2. The van der Waals surface area contributed by atoms with Crippen molar-refractivity contribution >= 4 is 17.8 Å². The van der Waals surface area contributed by atoms with E-state index in [2.05, 4.69) is 5.32 Å². The Hall–Kier alpha value is -2.77. The topological polar surface area (TPSA) is 88.2 Å². The lowest BCUT2D eigenvalue weighted by molar-refractivity contribution is -0.141. The van der Waals surface area contributed by atoms with Gasteiger partial charge in [-0.1, -0.05) is 19.9 Å². The van der Waals surface area contributed by atoms with Crippen LogP contribution in [0.3, 0.4) is 0 Å². The molecule has 0 radical (unpaired) electrons. The summed E-state index contributed by atoms with van der Waals surface area (Å²) in [6.07, 6.45) is 1.90. The third kappa shape index (κ3) is 4.08. The fraction of sp³-hybridized carbons (Fsp3) is 0.591. The molecule has 3 rings (SSSR count).